The van der Waals surface area contributed by atoms with Gasteiger partial charge < -0.3 is 10.2 Å². The first-order valence-electron chi connectivity index (χ1n) is 12.9. The molecule has 2 rings (SSSR count). The Morgan fingerprint density at radius 2 is 1.68 bits per heavy atom. The maximum atomic E-state index is 13.5. The van der Waals surface area contributed by atoms with Crippen molar-refractivity contribution >= 4 is 50.7 Å². The van der Waals surface area contributed by atoms with Crippen molar-refractivity contribution in [1.82, 2.24) is 10.2 Å². The summed E-state index contributed by atoms with van der Waals surface area (Å²) in [6.07, 6.45) is 3.77. The van der Waals surface area contributed by atoms with Crippen LogP contribution in [0.2, 0.25) is 10.0 Å². The van der Waals surface area contributed by atoms with E-state index in [0.29, 0.717) is 35.1 Å². The zero-order chi connectivity index (χ0) is 28.5. The van der Waals surface area contributed by atoms with E-state index in [1.807, 2.05) is 39.8 Å². The molecule has 0 bridgehead atoms. The van der Waals surface area contributed by atoms with Crippen molar-refractivity contribution in [2.24, 2.45) is 0 Å². The molecule has 38 heavy (non-hydrogen) atoms. The van der Waals surface area contributed by atoms with Gasteiger partial charge in [-0.05, 0) is 74.1 Å². The lowest BCUT2D eigenvalue weighted by atomic mass is 10.1. The van der Waals surface area contributed by atoms with Crippen LogP contribution in [0.3, 0.4) is 0 Å². The number of rotatable bonds is 14. The molecule has 0 aliphatic carbocycles. The van der Waals surface area contributed by atoms with E-state index in [9.17, 15) is 18.0 Å². The third-order valence-corrected chi connectivity index (χ3v) is 8.42. The summed E-state index contributed by atoms with van der Waals surface area (Å²) in [5.41, 5.74) is 3.37. The Balaban J connectivity index is 2.24. The fraction of sp³-hybridized carbons (Fsp3) is 0.500. The number of anilines is 1. The number of halogens is 2. The molecule has 0 saturated heterocycles. The topological polar surface area (TPSA) is 86.8 Å². The second-order valence-corrected chi connectivity index (χ2v) is 12.3. The Labute approximate surface area is 237 Å². The minimum absolute atomic E-state index is 0.0803. The monoisotopic (exact) mass is 583 g/mol. The van der Waals surface area contributed by atoms with Gasteiger partial charge in [0, 0.05) is 26.1 Å². The van der Waals surface area contributed by atoms with Crippen LogP contribution < -0.4 is 9.62 Å². The number of nitrogens with one attached hydrogen (secondary N) is 1. The van der Waals surface area contributed by atoms with Crippen LogP contribution in [0.15, 0.2) is 36.4 Å². The Morgan fingerprint density at radius 1 is 0.974 bits per heavy atom. The number of hydrogen-bond donors (Lipinski definition) is 1. The summed E-state index contributed by atoms with van der Waals surface area (Å²) in [5.74, 6) is -0.440. The van der Waals surface area contributed by atoms with E-state index in [2.05, 4.69) is 5.32 Å². The van der Waals surface area contributed by atoms with E-state index in [1.165, 1.54) is 4.31 Å². The predicted octanol–water partition coefficient (Wildman–Crippen LogP) is 5.88. The van der Waals surface area contributed by atoms with Crippen LogP contribution in [0.25, 0.3) is 0 Å². The first kappa shape index (κ1) is 31.9. The van der Waals surface area contributed by atoms with Gasteiger partial charge in [-0.2, -0.15) is 0 Å². The molecule has 1 N–H and O–H groups in total. The Bertz CT molecular complexity index is 1220. The van der Waals surface area contributed by atoms with Gasteiger partial charge in [-0.3, -0.25) is 13.9 Å². The highest BCUT2D eigenvalue weighted by atomic mass is 35.5. The summed E-state index contributed by atoms with van der Waals surface area (Å²) in [4.78, 5) is 28.1. The van der Waals surface area contributed by atoms with Crippen molar-refractivity contribution in [1.29, 1.82) is 0 Å². The average molecular weight is 585 g/mol. The van der Waals surface area contributed by atoms with E-state index in [1.54, 1.807) is 29.2 Å². The quantitative estimate of drug-likeness (QED) is 0.281. The van der Waals surface area contributed by atoms with Crippen LogP contribution >= 0.6 is 23.2 Å². The second kappa shape index (κ2) is 14.8. The van der Waals surface area contributed by atoms with Gasteiger partial charge in [0.2, 0.25) is 21.8 Å². The summed E-state index contributed by atoms with van der Waals surface area (Å²) >= 11 is 12.3. The van der Waals surface area contributed by atoms with Gasteiger partial charge in [0.1, 0.15) is 6.04 Å². The lowest BCUT2D eigenvalue weighted by Gasteiger charge is -2.31. The van der Waals surface area contributed by atoms with Gasteiger partial charge in [-0.25, -0.2) is 8.42 Å². The molecule has 0 spiro atoms. The Hall–Kier alpha value is -2.29. The van der Waals surface area contributed by atoms with Crippen molar-refractivity contribution < 1.29 is 18.0 Å². The molecule has 0 radical (unpaired) electrons. The number of amides is 2. The van der Waals surface area contributed by atoms with Gasteiger partial charge >= 0.3 is 0 Å². The standard InChI is InChI=1S/C28H39Cl2N3O4S/c1-6-8-15-31-28(35)26(7-2)32(19-22-12-14-24(29)25(30)18-22)27(34)10-9-16-33(38(5,36)37)23-13-11-20(3)21(4)17-23/h11-14,17-18,26H,6-10,15-16,19H2,1-5H3,(H,31,35)/t26-/m1/s1. The van der Waals surface area contributed by atoms with E-state index in [4.69, 9.17) is 23.2 Å². The lowest BCUT2D eigenvalue weighted by molar-refractivity contribution is -0.141. The fourth-order valence-corrected chi connectivity index (χ4v) is 5.42. The Kier molecular flexibility index (Phi) is 12.4. The molecule has 2 aromatic rings. The molecule has 0 aromatic heterocycles. The smallest absolute Gasteiger partial charge is 0.242 e. The minimum Gasteiger partial charge on any atom is -0.354 e. The molecule has 2 aromatic carbocycles. The fourth-order valence-electron chi connectivity index (χ4n) is 4.14. The molecule has 0 heterocycles. The average Bonchev–Trinajstić information content (AvgIpc) is 2.85. The van der Waals surface area contributed by atoms with Gasteiger partial charge in [0.05, 0.1) is 22.0 Å². The number of aryl methyl sites for hydroxylation is 2. The van der Waals surface area contributed by atoms with Gasteiger partial charge in [0.15, 0.2) is 0 Å². The number of carbonyl (C=O) groups excluding carboxylic acids is 2. The molecule has 10 heteroatoms. The van der Waals surface area contributed by atoms with Crippen LogP contribution in [0.1, 0.15) is 62.6 Å². The van der Waals surface area contributed by atoms with Crippen molar-refractivity contribution in [3.05, 3.63) is 63.1 Å². The van der Waals surface area contributed by atoms with Crippen LogP contribution in [0.5, 0.6) is 0 Å². The number of sulfonamides is 1. The van der Waals surface area contributed by atoms with Gasteiger partial charge in [0.25, 0.3) is 0 Å². The molecule has 0 aliphatic heterocycles. The molecular formula is C28H39Cl2N3O4S. The van der Waals surface area contributed by atoms with Gasteiger partial charge in [-0.1, -0.05) is 55.6 Å². The first-order valence-corrected chi connectivity index (χ1v) is 15.6. The predicted molar refractivity (Wildman–Crippen MR) is 156 cm³/mol. The van der Waals surface area contributed by atoms with Crippen molar-refractivity contribution in [3.8, 4) is 0 Å². The van der Waals surface area contributed by atoms with Crippen molar-refractivity contribution in [2.75, 3.05) is 23.7 Å². The third-order valence-electron chi connectivity index (χ3n) is 6.48. The van der Waals surface area contributed by atoms with Crippen LogP contribution in [-0.4, -0.2) is 50.5 Å². The van der Waals surface area contributed by atoms with Gasteiger partial charge in [-0.15, -0.1) is 0 Å². The molecule has 0 fully saturated rings. The first-order chi connectivity index (χ1) is 17.9. The highest BCUT2D eigenvalue weighted by molar-refractivity contribution is 7.92. The van der Waals surface area contributed by atoms with Crippen molar-refractivity contribution in [2.45, 2.75) is 72.4 Å². The molecule has 1 atom stereocenters. The zero-order valence-corrected chi connectivity index (χ0v) is 25.2. The summed E-state index contributed by atoms with van der Waals surface area (Å²) in [5, 5.41) is 3.71. The van der Waals surface area contributed by atoms with E-state index in [0.717, 1.165) is 35.8 Å². The van der Waals surface area contributed by atoms with Crippen molar-refractivity contribution in [3.63, 3.8) is 0 Å². The van der Waals surface area contributed by atoms with Crippen LogP contribution in [0.4, 0.5) is 5.69 Å². The maximum absolute atomic E-state index is 13.5. The van der Waals surface area contributed by atoms with E-state index in [-0.39, 0.29) is 31.3 Å². The summed E-state index contributed by atoms with van der Waals surface area (Å²) < 4.78 is 26.4. The summed E-state index contributed by atoms with van der Waals surface area (Å²) in [7, 11) is -3.55. The minimum atomic E-state index is -3.55. The molecule has 2 amide bonds. The molecule has 7 nitrogen and oxygen atoms in total. The molecule has 210 valence electrons. The largest absolute Gasteiger partial charge is 0.354 e. The van der Waals surface area contributed by atoms with E-state index >= 15 is 0 Å². The normalized spacial score (nSPS) is 12.2. The molecule has 0 saturated carbocycles. The number of carbonyl (C=O) groups is 2. The van der Waals surface area contributed by atoms with Crippen LogP contribution in [-0.2, 0) is 26.2 Å². The van der Waals surface area contributed by atoms with E-state index < -0.39 is 16.1 Å². The highest BCUT2D eigenvalue weighted by Crippen LogP contribution is 2.25. The zero-order valence-electron chi connectivity index (χ0n) is 22.9. The highest BCUT2D eigenvalue weighted by Gasteiger charge is 2.29. The van der Waals surface area contributed by atoms with Crippen LogP contribution in [0, 0.1) is 13.8 Å². The molecule has 0 aliphatic rings. The number of hydrogen-bond acceptors (Lipinski definition) is 4. The second-order valence-electron chi connectivity index (χ2n) is 9.55. The number of nitrogens with zero attached hydrogens (tertiary/aromatic N) is 2. The lowest BCUT2D eigenvalue weighted by Crippen LogP contribution is -2.49. The molecular weight excluding hydrogens is 545 g/mol. The maximum Gasteiger partial charge on any atom is 0.242 e. The number of benzene rings is 2. The number of unbranched alkanes of at least 4 members (excludes halogenated alkanes) is 1. The Morgan fingerprint density at radius 3 is 2.26 bits per heavy atom. The summed E-state index contributed by atoms with van der Waals surface area (Å²) in [6.45, 7) is 8.68. The SMILES string of the molecule is CCCCNC(=O)[C@@H](CC)N(Cc1ccc(Cl)c(Cl)c1)C(=O)CCCN(c1ccc(C)c(C)c1)S(C)(=O)=O. The molecule has 0 unspecified atom stereocenters. The third kappa shape index (κ3) is 9.17. The summed E-state index contributed by atoms with van der Waals surface area (Å²) in [6, 6.07) is 9.96.